The van der Waals surface area contributed by atoms with Crippen molar-refractivity contribution in [3.8, 4) is 10.8 Å². The molecule has 0 saturated carbocycles. The van der Waals surface area contributed by atoms with Crippen molar-refractivity contribution < 1.29 is 13.9 Å². The SMILES string of the molecule is COCCN(Cc1nnc(-c2cccs2)o1)C(=O)c1cccc(Cl)c1. The van der Waals surface area contributed by atoms with Gasteiger partial charge in [0.2, 0.25) is 5.89 Å². The van der Waals surface area contributed by atoms with Crippen LogP contribution in [-0.4, -0.2) is 41.3 Å². The summed E-state index contributed by atoms with van der Waals surface area (Å²) in [6.07, 6.45) is 0. The molecular weight excluding hydrogens is 362 g/mol. The first kappa shape index (κ1) is 17.6. The largest absolute Gasteiger partial charge is 0.418 e. The molecule has 3 aromatic rings. The number of carbonyl (C=O) groups excluding carboxylic acids is 1. The standard InChI is InChI=1S/C17H16ClN3O3S/c1-23-8-7-21(17(22)12-4-2-5-13(18)10-12)11-15-19-20-16(24-15)14-6-3-9-25-14/h2-6,9-10H,7-8,11H2,1H3. The van der Waals surface area contributed by atoms with E-state index in [1.165, 1.54) is 11.3 Å². The van der Waals surface area contributed by atoms with Gasteiger partial charge in [-0.25, -0.2) is 0 Å². The van der Waals surface area contributed by atoms with Crippen LogP contribution in [0.25, 0.3) is 10.8 Å². The van der Waals surface area contributed by atoms with Crippen LogP contribution in [0.15, 0.2) is 46.2 Å². The lowest BCUT2D eigenvalue weighted by atomic mass is 10.2. The van der Waals surface area contributed by atoms with E-state index < -0.39 is 0 Å². The van der Waals surface area contributed by atoms with E-state index in [9.17, 15) is 4.79 Å². The summed E-state index contributed by atoms with van der Waals surface area (Å²) >= 11 is 7.50. The molecule has 0 aliphatic rings. The van der Waals surface area contributed by atoms with Crippen LogP contribution in [-0.2, 0) is 11.3 Å². The molecule has 1 amide bonds. The molecule has 6 nitrogen and oxygen atoms in total. The molecule has 3 rings (SSSR count). The van der Waals surface area contributed by atoms with Crippen LogP contribution in [0.5, 0.6) is 0 Å². The van der Waals surface area contributed by atoms with Gasteiger partial charge in [0, 0.05) is 24.2 Å². The van der Waals surface area contributed by atoms with E-state index in [0.29, 0.717) is 35.5 Å². The Balaban J connectivity index is 1.78. The molecule has 0 fully saturated rings. The number of ether oxygens (including phenoxy) is 1. The maximum absolute atomic E-state index is 12.8. The summed E-state index contributed by atoms with van der Waals surface area (Å²) in [4.78, 5) is 15.3. The van der Waals surface area contributed by atoms with Crippen molar-refractivity contribution in [2.24, 2.45) is 0 Å². The lowest BCUT2D eigenvalue weighted by Gasteiger charge is -2.20. The van der Waals surface area contributed by atoms with Crippen molar-refractivity contribution in [1.29, 1.82) is 0 Å². The number of halogens is 1. The molecule has 0 saturated heterocycles. The Hall–Kier alpha value is -2.22. The summed E-state index contributed by atoms with van der Waals surface area (Å²) in [6, 6.07) is 10.6. The highest BCUT2D eigenvalue weighted by molar-refractivity contribution is 7.13. The van der Waals surface area contributed by atoms with E-state index in [1.807, 2.05) is 17.5 Å². The number of amides is 1. The summed E-state index contributed by atoms with van der Waals surface area (Å²) in [5.41, 5.74) is 0.501. The van der Waals surface area contributed by atoms with Gasteiger partial charge in [0.15, 0.2) is 0 Å². The first-order valence-corrected chi connectivity index (χ1v) is 8.83. The van der Waals surface area contributed by atoms with Gasteiger partial charge < -0.3 is 14.1 Å². The predicted octanol–water partition coefficient (Wildman–Crippen LogP) is 3.74. The number of rotatable bonds is 7. The number of hydrogen-bond acceptors (Lipinski definition) is 6. The lowest BCUT2D eigenvalue weighted by molar-refractivity contribution is 0.0663. The van der Waals surface area contributed by atoms with Crippen LogP contribution in [0, 0.1) is 0 Å². The van der Waals surface area contributed by atoms with Gasteiger partial charge in [-0.3, -0.25) is 4.79 Å². The highest BCUT2D eigenvalue weighted by atomic mass is 35.5. The maximum atomic E-state index is 12.8. The van der Waals surface area contributed by atoms with Crippen LogP contribution in [0.3, 0.4) is 0 Å². The Morgan fingerprint density at radius 1 is 1.32 bits per heavy atom. The smallest absolute Gasteiger partial charge is 0.257 e. The number of hydrogen-bond donors (Lipinski definition) is 0. The van der Waals surface area contributed by atoms with Crippen molar-refractivity contribution in [2.75, 3.05) is 20.3 Å². The summed E-state index contributed by atoms with van der Waals surface area (Å²) < 4.78 is 10.8. The highest BCUT2D eigenvalue weighted by Crippen LogP contribution is 2.23. The second-order valence-electron chi connectivity index (χ2n) is 5.21. The van der Waals surface area contributed by atoms with Crippen molar-refractivity contribution in [3.05, 3.63) is 58.3 Å². The topological polar surface area (TPSA) is 68.5 Å². The summed E-state index contributed by atoms with van der Waals surface area (Å²) in [7, 11) is 1.59. The number of aromatic nitrogens is 2. The zero-order valence-corrected chi connectivity index (χ0v) is 15.1. The van der Waals surface area contributed by atoms with Crippen molar-refractivity contribution in [3.63, 3.8) is 0 Å². The van der Waals surface area contributed by atoms with Crippen LogP contribution in [0.4, 0.5) is 0 Å². The summed E-state index contributed by atoms with van der Waals surface area (Å²) in [5.74, 6) is 0.650. The molecule has 0 aliphatic carbocycles. The van der Waals surface area contributed by atoms with E-state index >= 15 is 0 Å². The molecule has 0 aliphatic heterocycles. The quantitative estimate of drug-likeness (QED) is 0.627. The number of carbonyl (C=O) groups is 1. The average molecular weight is 378 g/mol. The van der Waals surface area contributed by atoms with Gasteiger partial charge in [-0.15, -0.1) is 21.5 Å². The van der Waals surface area contributed by atoms with Gasteiger partial charge in [0.25, 0.3) is 11.8 Å². The molecule has 0 N–H and O–H groups in total. The van der Waals surface area contributed by atoms with E-state index in [1.54, 1.807) is 36.3 Å². The Kier molecular flexibility index (Phi) is 5.80. The van der Waals surface area contributed by atoms with E-state index in [4.69, 9.17) is 20.8 Å². The minimum absolute atomic E-state index is 0.171. The first-order valence-electron chi connectivity index (χ1n) is 7.57. The third-order valence-electron chi connectivity index (χ3n) is 3.45. The molecule has 0 radical (unpaired) electrons. The summed E-state index contributed by atoms with van der Waals surface area (Å²) in [6.45, 7) is 1.00. The van der Waals surface area contributed by atoms with Crippen LogP contribution >= 0.6 is 22.9 Å². The molecule has 0 atom stereocenters. The molecule has 25 heavy (non-hydrogen) atoms. The second kappa shape index (κ2) is 8.24. The molecule has 0 unspecified atom stereocenters. The molecular formula is C17H16ClN3O3S. The predicted molar refractivity (Wildman–Crippen MR) is 95.7 cm³/mol. The molecule has 2 aromatic heterocycles. The molecule has 1 aromatic carbocycles. The monoisotopic (exact) mass is 377 g/mol. The highest BCUT2D eigenvalue weighted by Gasteiger charge is 2.19. The second-order valence-corrected chi connectivity index (χ2v) is 6.59. The summed E-state index contributed by atoms with van der Waals surface area (Å²) in [5, 5.41) is 10.5. The van der Waals surface area contributed by atoms with Crippen molar-refractivity contribution >= 4 is 28.8 Å². The minimum atomic E-state index is -0.171. The fourth-order valence-corrected chi connectivity index (χ4v) is 3.07. The van der Waals surface area contributed by atoms with Crippen LogP contribution < -0.4 is 0 Å². The normalized spacial score (nSPS) is 10.8. The zero-order valence-electron chi connectivity index (χ0n) is 13.5. The Labute approximate surface area is 154 Å². The molecule has 0 bridgehead atoms. The third-order valence-corrected chi connectivity index (χ3v) is 4.54. The number of benzene rings is 1. The lowest BCUT2D eigenvalue weighted by Crippen LogP contribution is -2.33. The van der Waals surface area contributed by atoms with Crippen molar-refractivity contribution in [1.82, 2.24) is 15.1 Å². The number of nitrogens with zero attached hydrogens (tertiary/aromatic N) is 3. The molecule has 0 spiro atoms. The average Bonchev–Trinajstić information content (AvgIpc) is 3.29. The van der Waals surface area contributed by atoms with Gasteiger partial charge in [-0.2, -0.15) is 0 Å². The van der Waals surface area contributed by atoms with Gasteiger partial charge in [0.1, 0.15) is 0 Å². The van der Waals surface area contributed by atoms with Gasteiger partial charge in [0.05, 0.1) is 18.0 Å². The van der Waals surface area contributed by atoms with Gasteiger partial charge in [-0.05, 0) is 29.6 Å². The van der Waals surface area contributed by atoms with E-state index in [2.05, 4.69) is 10.2 Å². The zero-order chi connectivity index (χ0) is 17.6. The number of thiophene rings is 1. The minimum Gasteiger partial charge on any atom is -0.418 e. The van der Waals surface area contributed by atoms with Gasteiger partial charge in [-0.1, -0.05) is 23.7 Å². The third kappa shape index (κ3) is 4.45. The molecule has 8 heteroatoms. The number of methoxy groups -OCH3 is 1. The van der Waals surface area contributed by atoms with Gasteiger partial charge >= 0.3 is 0 Å². The van der Waals surface area contributed by atoms with Crippen molar-refractivity contribution in [2.45, 2.75) is 6.54 Å². The van der Waals surface area contributed by atoms with Crippen LogP contribution in [0.1, 0.15) is 16.2 Å². The maximum Gasteiger partial charge on any atom is 0.257 e. The fourth-order valence-electron chi connectivity index (χ4n) is 2.24. The van der Waals surface area contributed by atoms with E-state index in [0.717, 1.165) is 4.88 Å². The van der Waals surface area contributed by atoms with E-state index in [-0.39, 0.29) is 12.5 Å². The molecule has 130 valence electrons. The first-order chi connectivity index (χ1) is 12.2. The fraction of sp³-hybridized carbons (Fsp3) is 0.235. The Morgan fingerprint density at radius 3 is 2.92 bits per heavy atom. The Morgan fingerprint density at radius 2 is 2.20 bits per heavy atom. The Bertz CT molecular complexity index is 835. The molecule has 2 heterocycles. The van der Waals surface area contributed by atoms with Crippen LogP contribution in [0.2, 0.25) is 5.02 Å².